The molecule has 0 N–H and O–H groups in total. The van der Waals surface area contributed by atoms with E-state index in [2.05, 4.69) is 103 Å². The summed E-state index contributed by atoms with van der Waals surface area (Å²) in [5.41, 5.74) is 6.07. The number of furan rings is 2. The third-order valence-corrected chi connectivity index (χ3v) is 9.85. The van der Waals surface area contributed by atoms with E-state index in [1.54, 1.807) is 0 Å². The Balaban J connectivity index is 1.39. The third kappa shape index (κ3) is 2.91. The van der Waals surface area contributed by atoms with Gasteiger partial charge in [0.1, 0.15) is 22.3 Å². The van der Waals surface area contributed by atoms with Gasteiger partial charge in [-0.05, 0) is 75.8 Å². The van der Waals surface area contributed by atoms with Gasteiger partial charge in [-0.1, -0.05) is 72.8 Å². The number of fused-ring (bicyclic) bond motifs is 13. The van der Waals surface area contributed by atoms with Crippen LogP contribution in [0.15, 0.2) is 130 Å². The van der Waals surface area contributed by atoms with Crippen molar-refractivity contribution in [2.24, 2.45) is 0 Å². The molecule has 0 atom stereocenters. The quantitative estimate of drug-likeness (QED) is 0.194. The van der Waals surface area contributed by atoms with Crippen molar-refractivity contribution in [1.82, 2.24) is 0 Å². The van der Waals surface area contributed by atoms with Crippen LogP contribution in [-0.4, -0.2) is 0 Å². The van der Waals surface area contributed by atoms with Gasteiger partial charge < -0.3 is 8.83 Å². The molecule has 3 aromatic heterocycles. The van der Waals surface area contributed by atoms with Crippen molar-refractivity contribution >= 4 is 96.9 Å². The van der Waals surface area contributed by atoms with Crippen LogP contribution in [0.25, 0.3) is 96.7 Å². The first-order valence-corrected chi connectivity index (χ1v) is 14.7. The van der Waals surface area contributed by atoms with Gasteiger partial charge in [0.15, 0.2) is 0 Å². The molecule has 0 aliphatic rings. The van der Waals surface area contributed by atoms with Crippen LogP contribution < -0.4 is 0 Å². The second-order valence-corrected chi connectivity index (χ2v) is 11.9. The number of benzene rings is 7. The fourth-order valence-electron chi connectivity index (χ4n) is 6.77. The standard InChI is InChI=1S/C38H20O2S/c1-4-10-32-23(7-1)30-17-21(13-16-34(30)39-32)28-18-22-19-35-31(24-8-2-5-11-33(24)40-35)20-29(22)37-26(28)14-15-27-25-9-3-6-12-36(25)41-38(27)37/h1-20H. The largest absolute Gasteiger partial charge is 0.456 e. The average molecular weight is 541 g/mol. The van der Waals surface area contributed by atoms with E-state index in [9.17, 15) is 0 Å². The Kier molecular flexibility index (Phi) is 4.10. The smallest absolute Gasteiger partial charge is 0.136 e. The summed E-state index contributed by atoms with van der Waals surface area (Å²) in [6.45, 7) is 0. The van der Waals surface area contributed by atoms with Crippen molar-refractivity contribution in [2.45, 2.75) is 0 Å². The van der Waals surface area contributed by atoms with E-state index in [1.807, 2.05) is 29.5 Å². The predicted octanol–water partition coefficient (Wildman–Crippen LogP) is 11.8. The first-order valence-electron chi connectivity index (χ1n) is 13.8. The molecule has 0 spiro atoms. The topological polar surface area (TPSA) is 26.3 Å². The SMILES string of the molecule is c1ccc2c(c1)oc1ccc(-c3cc4cc5oc6ccccc6c5cc4c4c3ccc3c5ccccc5sc34)cc12. The molecule has 0 saturated carbocycles. The van der Waals surface area contributed by atoms with Crippen LogP contribution in [-0.2, 0) is 0 Å². The minimum Gasteiger partial charge on any atom is -0.456 e. The highest BCUT2D eigenvalue weighted by molar-refractivity contribution is 7.26. The zero-order valence-corrected chi connectivity index (χ0v) is 22.6. The summed E-state index contributed by atoms with van der Waals surface area (Å²) >= 11 is 1.89. The van der Waals surface area contributed by atoms with Gasteiger partial charge in [-0.2, -0.15) is 0 Å². The van der Waals surface area contributed by atoms with Gasteiger partial charge in [-0.15, -0.1) is 11.3 Å². The first kappa shape index (κ1) is 21.7. The lowest BCUT2D eigenvalue weighted by atomic mass is 9.91. The van der Waals surface area contributed by atoms with Crippen molar-refractivity contribution in [3.05, 3.63) is 121 Å². The zero-order chi connectivity index (χ0) is 26.7. The van der Waals surface area contributed by atoms with Crippen LogP contribution in [0.2, 0.25) is 0 Å². The van der Waals surface area contributed by atoms with Crippen LogP contribution in [0, 0.1) is 0 Å². The first-order chi connectivity index (χ1) is 20.3. The van der Waals surface area contributed by atoms with Crippen molar-refractivity contribution in [3.8, 4) is 11.1 Å². The normalized spacial score (nSPS) is 12.4. The highest BCUT2D eigenvalue weighted by Gasteiger charge is 2.18. The van der Waals surface area contributed by atoms with Crippen LogP contribution >= 0.6 is 11.3 Å². The van der Waals surface area contributed by atoms with E-state index in [0.29, 0.717) is 0 Å². The minimum atomic E-state index is 0.913. The summed E-state index contributed by atoms with van der Waals surface area (Å²) in [6, 6.07) is 43.5. The Bertz CT molecular complexity index is 2700. The summed E-state index contributed by atoms with van der Waals surface area (Å²) in [5, 5.41) is 12.2. The van der Waals surface area contributed by atoms with Gasteiger partial charge in [0.2, 0.25) is 0 Å². The van der Waals surface area contributed by atoms with E-state index in [1.165, 1.54) is 52.8 Å². The fraction of sp³-hybridized carbons (Fsp3) is 0. The number of hydrogen-bond acceptors (Lipinski definition) is 3. The summed E-state index contributed by atoms with van der Waals surface area (Å²) < 4.78 is 15.1. The molecule has 0 aliphatic carbocycles. The van der Waals surface area contributed by atoms with Crippen LogP contribution in [0.3, 0.4) is 0 Å². The molecule has 10 rings (SSSR count). The Morgan fingerprint density at radius 2 is 1.07 bits per heavy atom. The molecule has 0 amide bonds. The molecular weight excluding hydrogens is 520 g/mol. The molecule has 190 valence electrons. The van der Waals surface area contributed by atoms with E-state index >= 15 is 0 Å². The number of thiophene rings is 1. The lowest BCUT2D eigenvalue weighted by Crippen LogP contribution is -1.86. The highest BCUT2D eigenvalue weighted by atomic mass is 32.1. The van der Waals surface area contributed by atoms with Crippen molar-refractivity contribution in [3.63, 3.8) is 0 Å². The van der Waals surface area contributed by atoms with E-state index in [0.717, 1.165) is 43.9 Å². The van der Waals surface area contributed by atoms with Crippen molar-refractivity contribution < 1.29 is 8.83 Å². The monoisotopic (exact) mass is 540 g/mol. The maximum atomic E-state index is 6.34. The van der Waals surface area contributed by atoms with Gasteiger partial charge in [0.05, 0.1) is 0 Å². The lowest BCUT2D eigenvalue weighted by molar-refractivity contribution is 0.669. The molecule has 0 aliphatic heterocycles. The molecule has 0 unspecified atom stereocenters. The van der Waals surface area contributed by atoms with Crippen molar-refractivity contribution in [1.29, 1.82) is 0 Å². The van der Waals surface area contributed by atoms with E-state index in [-0.39, 0.29) is 0 Å². The molecule has 10 aromatic rings. The highest BCUT2D eigenvalue weighted by Crippen LogP contribution is 2.46. The minimum absolute atomic E-state index is 0.913. The molecule has 2 nitrogen and oxygen atoms in total. The Labute approximate surface area is 237 Å². The maximum absolute atomic E-state index is 6.34. The molecular formula is C38H20O2S. The van der Waals surface area contributed by atoms with Crippen LogP contribution in [0.4, 0.5) is 0 Å². The van der Waals surface area contributed by atoms with E-state index in [4.69, 9.17) is 8.83 Å². The lowest BCUT2D eigenvalue weighted by Gasteiger charge is -2.13. The van der Waals surface area contributed by atoms with Gasteiger partial charge in [-0.3, -0.25) is 0 Å². The van der Waals surface area contributed by atoms with E-state index < -0.39 is 0 Å². The van der Waals surface area contributed by atoms with Gasteiger partial charge in [-0.25, -0.2) is 0 Å². The summed E-state index contributed by atoms with van der Waals surface area (Å²) in [5.74, 6) is 0. The number of para-hydroxylation sites is 2. The second kappa shape index (κ2) is 7.75. The predicted molar refractivity (Wildman–Crippen MR) is 174 cm³/mol. The molecule has 3 heteroatoms. The molecule has 41 heavy (non-hydrogen) atoms. The average Bonchev–Trinajstić information content (AvgIpc) is 3.70. The Hall–Kier alpha value is -5.12. The Morgan fingerprint density at radius 3 is 1.90 bits per heavy atom. The molecule has 0 radical (unpaired) electrons. The molecule has 0 fully saturated rings. The van der Waals surface area contributed by atoms with Gasteiger partial charge in [0.25, 0.3) is 0 Å². The molecule has 3 heterocycles. The summed E-state index contributed by atoms with van der Waals surface area (Å²) in [7, 11) is 0. The Morgan fingerprint density at radius 1 is 0.415 bits per heavy atom. The van der Waals surface area contributed by atoms with Crippen LogP contribution in [0.1, 0.15) is 0 Å². The zero-order valence-electron chi connectivity index (χ0n) is 21.8. The van der Waals surface area contributed by atoms with Gasteiger partial charge >= 0.3 is 0 Å². The molecule has 0 saturated heterocycles. The number of rotatable bonds is 1. The summed E-state index contributed by atoms with van der Waals surface area (Å²) in [6.07, 6.45) is 0. The van der Waals surface area contributed by atoms with Crippen molar-refractivity contribution in [2.75, 3.05) is 0 Å². The van der Waals surface area contributed by atoms with Gasteiger partial charge in [0, 0.05) is 47.1 Å². The summed E-state index contributed by atoms with van der Waals surface area (Å²) in [4.78, 5) is 0. The number of hydrogen-bond donors (Lipinski definition) is 0. The van der Waals surface area contributed by atoms with Crippen LogP contribution in [0.5, 0.6) is 0 Å². The molecule has 0 bridgehead atoms. The maximum Gasteiger partial charge on any atom is 0.136 e. The molecule has 7 aromatic carbocycles. The second-order valence-electron chi connectivity index (χ2n) is 10.9. The third-order valence-electron chi connectivity index (χ3n) is 8.64. The fourth-order valence-corrected chi connectivity index (χ4v) is 8.03.